The van der Waals surface area contributed by atoms with Crippen LogP contribution in [0, 0.1) is 11.7 Å². The standard InChI is InChI=1S/C14H18BrFN2O/c1-9(11-4-5-13(16)12(15)8-11)17-6-7-18-14(19)10-2-3-10/h4-5,8-10,17H,2-3,6-7H2,1H3,(H,18,19). The van der Waals surface area contributed by atoms with E-state index >= 15 is 0 Å². The van der Waals surface area contributed by atoms with Crippen molar-refractivity contribution in [1.29, 1.82) is 0 Å². The summed E-state index contributed by atoms with van der Waals surface area (Å²) in [5, 5.41) is 6.20. The van der Waals surface area contributed by atoms with Crippen LogP contribution in [0.1, 0.15) is 31.4 Å². The summed E-state index contributed by atoms with van der Waals surface area (Å²) >= 11 is 3.18. The van der Waals surface area contributed by atoms with Crippen molar-refractivity contribution in [2.45, 2.75) is 25.8 Å². The Balaban J connectivity index is 1.72. The predicted octanol–water partition coefficient (Wildman–Crippen LogP) is 2.77. The minimum atomic E-state index is -0.257. The highest BCUT2D eigenvalue weighted by atomic mass is 79.9. The highest BCUT2D eigenvalue weighted by Gasteiger charge is 2.28. The molecule has 1 aromatic carbocycles. The molecule has 104 valence electrons. The molecule has 5 heteroatoms. The van der Waals surface area contributed by atoms with Crippen LogP contribution in [0.2, 0.25) is 0 Å². The lowest BCUT2D eigenvalue weighted by atomic mass is 10.1. The van der Waals surface area contributed by atoms with Crippen LogP contribution in [0.5, 0.6) is 0 Å². The van der Waals surface area contributed by atoms with Crippen molar-refractivity contribution in [3.05, 3.63) is 34.1 Å². The van der Waals surface area contributed by atoms with Crippen LogP contribution in [0.25, 0.3) is 0 Å². The summed E-state index contributed by atoms with van der Waals surface area (Å²) in [6.45, 7) is 3.35. The lowest BCUT2D eigenvalue weighted by molar-refractivity contribution is -0.122. The van der Waals surface area contributed by atoms with Crippen molar-refractivity contribution < 1.29 is 9.18 Å². The molecule has 1 fully saturated rings. The number of carbonyl (C=O) groups excluding carboxylic acids is 1. The number of nitrogens with one attached hydrogen (secondary N) is 2. The molecule has 1 saturated carbocycles. The molecule has 1 amide bonds. The van der Waals surface area contributed by atoms with E-state index in [1.807, 2.05) is 6.92 Å². The summed E-state index contributed by atoms with van der Waals surface area (Å²) < 4.78 is 13.6. The molecule has 1 aromatic rings. The van der Waals surface area contributed by atoms with Crippen molar-refractivity contribution >= 4 is 21.8 Å². The molecule has 1 aliphatic rings. The van der Waals surface area contributed by atoms with Gasteiger partial charge in [0, 0.05) is 25.0 Å². The van der Waals surface area contributed by atoms with Gasteiger partial charge < -0.3 is 10.6 Å². The molecule has 0 heterocycles. The molecule has 3 nitrogen and oxygen atoms in total. The molecule has 0 aromatic heterocycles. The van der Waals surface area contributed by atoms with Gasteiger partial charge in [-0.15, -0.1) is 0 Å². The normalized spacial score (nSPS) is 16.2. The number of amides is 1. The Kier molecular flexibility index (Phi) is 4.93. The van der Waals surface area contributed by atoms with Crippen LogP contribution < -0.4 is 10.6 Å². The van der Waals surface area contributed by atoms with Gasteiger partial charge in [-0.1, -0.05) is 6.07 Å². The summed E-state index contributed by atoms with van der Waals surface area (Å²) in [6.07, 6.45) is 2.05. The molecule has 0 bridgehead atoms. The predicted molar refractivity (Wildman–Crippen MR) is 76.3 cm³/mol. The minimum Gasteiger partial charge on any atom is -0.355 e. The molecule has 1 aliphatic carbocycles. The van der Waals surface area contributed by atoms with Gasteiger partial charge in [0.2, 0.25) is 5.91 Å². The first-order valence-corrected chi connectivity index (χ1v) is 7.33. The molecule has 1 atom stereocenters. The molecule has 2 rings (SSSR count). The van der Waals surface area contributed by atoms with Gasteiger partial charge >= 0.3 is 0 Å². The van der Waals surface area contributed by atoms with Gasteiger partial charge in [-0.05, 0) is 53.4 Å². The number of carbonyl (C=O) groups is 1. The Hall–Kier alpha value is -0.940. The van der Waals surface area contributed by atoms with E-state index in [1.54, 1.807) is 12.1 Å². The third-order valence-electron chi connectivity index (χ3n) is 3.27. The Labute approximate surface area is 121 Å². The van der Waals surface area contributed by atoms with Gasteiger partial charge in [-0.3, -0.25) is 4.79 Å². The summed E-state index contributed by atoms with van der Waals surface area (Å²) in [5.41, 5.74) is 1.02. The third kappa shape index (κ3) is 4.28. The maximum Gasteiger partial charge on any atom is 0.223 e. The molecule has 0 saturated heterocycles. The van der Waals surface area contributed by atoms with Crippen LogP contribution in [0.4, 0.5) is 4.39 Å². The zero-order valence-corrected chi connectivity index (χ0v) is 12.5. The van der Waals surface area contributed by atoms with Crippen LogP contribution in [-0.2, 0) is 4.79 Å². The first kappa shape index (κ1) is 14.5. The molecule has 0 aliphatic heterocycles. The zero-order chi connectivity index (χ0) is 13.8. The van der Waals surface area contributed by atoms with E-state index in [2.05, 4.69) is 26.6 Å². The van der Waals surface area contributed by atoms with Gasteiger partial charge in [-0.2, -0.15) is 0 Å². The van der Waals surface area contributed by atoms with Crippen LogP contribution in [0.3, 0.4) is 0 Å². The molecular weight excluding hydrogens is 311 g/mol. The monoisotopic (exact) mass is 328 g/mol. The molecular formula is C14H18BrFN2O. The van der Waals surface area contributed by atoms with Crippen LogP contribution >= 0.6 is 15.9 Å². The lowest BCUT2D eigenvalue weighted by Crippen LogP contribution is -2.33. The maximum absolute atomic E-state index is 13.1. The highest BCUT2D eigenvalue weighted by Crippen LogP contribution is 2.28. The van der Waals surface area contributed by atoms with E-state index in [4.69, 9.17) is 0 Å². The molecule has 2 N–H and O–H groups in total. The number of halogens is 2. The number of hydrogen-bond donors (Lipinski definition) is 2. The lowest BCUT2D eigenvalue weighted by Gasteiger charge is -2.15. The largest absolute Gasteiger partial charge is 0.355 e. The van der Waals surface area contributed by atoms with Crippen molar-refractivity contribution in [3.63, 3.8) is 0 Å². The fraction of sp³-hybridized carbons (Fsp3) is 0.500. The molecule has 0 spiro atoms. The Morgan fingerprint density at radius 2 is 2.21 bits per heavy atom. The van der Waals surface area contributed by atoms with Crippen molar-refractivity contribution in [2.24, 2.45) is 5.92 Å². The zero-order valence-electron chi connectivity index (χ0n) is 10.9. The van der Waals surface area contributed by atoms with E-state index in [0.717, 1.165) is 18.4 Å². The summed E-state index contributed by atoms with van der Waals surface area (Å²) in [6, 6.07) is 5.11. The van der Waals surface area contributed by atoms with Crippen LogP contribution in [-0.4, -0.2) is 19.0 Å². The fourth-order valence-corrected chi connectivity index (χ4v) is 2.26. The first-order valence-electron chi connectivity index (χ1n) is 6.54. The third-order valence-corrected chi connectivity index (χ3v) is 3.87. The molecule has 19 heavy (non-hydrogen) atoms. The van der Waals surface area contributed by atoms with E-state index in [-0.39, 0.29) is 23.7 Å². The van der Waals surface area contributed by atoms with Gasteiger partial charge in [0.25, 0.3) is 0 Å². The summed E-state index contributed by atoms with van der Waals surface area (Å²) in [4.78, 5) is 11.4. The highest BCUT2D eigenvalue weighted by molar-refractivity contribution is 9.10. The van der Waals surface area contributed by atoms with Crippen molar-refractivity contribution in [2.75, 3.05) is 13.1 Å². The quantitative estimate of drug-likeness (QED) is 0.788. The summed E-state index contributed by atoms with van der Waals surface area (Å²) in [5.74, 6) is 0.164. The van der Waals surface area contributed by atoms with E-state index in [0.29, 0.717) is 17.6 Å². The number of hydrogen-bond acceptors (Lipinski definition) is 2. The Morgan fingerprint density at radius 1 is 1.47 bits per heavy atom. The second-order valence-corrected chi connectivity index (χ2v) is 5.77. The second kappa shape index (κ2) is 6.48. The summed E-state index contributed by atoms with van der Waals surface area (Å²) in [7, 11) is 0. The van der Waals surface area contributed by atoms with Crippen LogP contribution in [0.15, 0.2) is 22.7 Å². The SMILES string of the molecule is CC(NCCNC(=O)C1CC1)c1ccc(F)c(Br)c1. The van der Waals surface area contributed by atoms with E-state index < -0.39 is 0 Å². The molecule has 0 radical (unpaired) electrons. The Bertz CT molecular complexity index is 463. The van der Waals surface area contributed by atoms with Crippen molar-refractivity contribution in [1.82, 2.24) is 10.6 Å². The topological polar surface area (TPSA) is 41.1 Å². The maximum atomic E-state index is 13.1. The first-order chi connectivity index (χ1) is 9.08. The number of rotatable bonds is 6. The Morgan fingerprint density at radius 3 is 2.84 bits per heavy atom. The smallest absolute Gasteiger partial charge is 0.223 e. The van der Waals surface area contributed by atoms with E-state index in [9.17, 15) is 9.18 Å². The average molecular weight is 329 g/mol. The average Bonchev–Trinajstić information content (AvgIpc) is 3.21. The van der Waals surface area contributed by atoms with Gasteiger partial charge in [0.1, 0.15) is 5.82 Å². The van der Waals surface area contributed by atoms with Gasteiger partial charge in [0.15, 0.2) is 0 Å². The van der Waals surface area contributed by atoms with Gasteiger partial charge in [0.05, 0.1) is 4.47 Å². The van der Waals surface area contributed by atoms with Gasteiger partial charge in [-0.25, -0.2) is 4.39 Å². The minimum absolute atomic E-state index is 0.120. The molecule has 1 unspecified atom stereocenters. The fourth-order valence-electron chi connectivity index (χ4n) is 1.86. The number of benzene rings is 1. The van der Waals surface area contributed by atoms with E-state index in [1.165, 1.54) is 6.07 Å². The van der Waals surface area contributed by atoms with Crippen molar-refractivity contribution in [3.8, 4) is 0 Å². The second-order valence-electron chi connectivity index (χ2n) is 4.91.